The molecule has 0 aliphatic carbocycles. The van der Waals surface area contributed by atoms with Crippen molar-refractivity contribution in [3.8, 4) is 0 Å². The summed E-state index contributed by atoms with van der Waals surface area (Å²) in [5.41, 5.74) is 2.53. The largest absolute Gasteiger partial charge is 0.366 e. The Labute approximate surface area is 142 Å². The van der Waals surface area contributed by atoms with Crippen LogP contribution in [0.5, 0.6) is 0 Å². The average molecular weight is 354 g/mol. The number of carbonyl (C=O) groups excluding carboxylic acids is 1. The Hall–Kier alpha value is -2.33. The molecule has 0 aromatic carbocycles. The number of fused-ring (bicyclic) bond motifs is 1. The molecule has 3 rings (SSSR count). The molecule has 1 aliphatic heterocycles. The summed E-state index contributed by atoms with van der Waals surface area (Å²) in [6.07, 6.45) is 3.08. The van der Waals surface area contributed by atoms with Gasteiger partial charge in [0.1, 0.15) is 5.54 Å². The van der Waals surface area contributed by atoms with Crippen molar-refractivity contribution in [2.45, 2.75) is 51.0 Å². The number of hydrogen-bond acceptors (Lipinski definition) is 5. The molecule has 0 radical (unpaired) electrons. The zero-order valence-electron chi connectivity index (χ0n) is 14.1. The molecule has 1 aliphatic rings. The van der Waals surface area contributed by atoms with E-state index in [-0.39, 0.29) is 13.1 Å². The van der Waals surface area contributed by atoms with Crippen molar-refractivity contribution in [2.75, 3.05) is 0 Å². The number of nitrogens with two attached hydrogens (primary N) is 1. The third kappa shape index (κ3) is 2.52. The van der Waals surface area contributed by atoms with Crippen molar-refractivity contribution >= 4 is 11.7 Å². The standard InChI is InChI=1S/C15H20F2N6O2/c1-13(2)15(16,17)14(3,25)22(12(24)21-13)7-9-4-11-20-10(5-18)8-23(11)19-6-9/h4,6,8,25H,5,7,18H2,1-3H3,(H,21,24). The summed E-state index contributed by atoms with van der Waals surface area (Å²) in [7, 11) is 0. The van der Waals surface area contributed by atoms with E-state index >= 15 is 0 Å². The summed E-state index contributed by atoms with van der Waals surface area (Å²) >= 11 is 0. The highest BCUT2D eigenvalue weighted by Crippen LogP contribution is 2.44. The minimum Gasteiger partial charge on any atom is -0.366 e. The number of carbonyl (C=O) groups is 1. The van der Waals surface area contributed by atoms with Gasteiger partial charge in [0.15, 0.2) is 5.65 Å². The van der Waals surface area contributed by atoms with Crippen molar-refractivity contribution in [3.63, 3.8) is 0 Å². The summed E-state index contributed by atoms with van der Waals surface area (Å²) in [6.45, 7) is 3.26. The van der Waals surface area contributed by atoms with Gasteiger partial charge in [-0.2, -0.15) is 13.9 Å². The van der Waals surface area contributed by atoms with Crippen LogP contribution < -0.4 is 11.1 Å². The number of aliphatic hydroxyl groups is 1. The fourth-order valence-corrected chi connectivity index (χ4v) is 2.93. The first-order valence-electron chi connectivity index (χ1n) is 7.73. The van der Waals surface area contributed by atoms with Crippen LogP contribution in [0.25, 0.3) is 5.65 Å². The van der Waals surface area contributed by atoms with E-state index in [9.17, 15) is 18.7 Å². The lowest BCUT2D eigenvalue weighted by Crippen LogP contribution is -2.78. The molecular formula is C15H20F2N6O2. The van der Waals surface area contributed by atoms with E-state index in [1.165, 1.54) is 24.6 Å². The lowest BCUT2D eigenvalue weighted by Gasteiger charge is -2.53. The van der Waals surface area contributed by atoms with E-state index < -0.39 is 23.2 Å². The lowest BCUT2D eigenvalue weighted by atomic mass is 9.85. The smallest absolute Gasteiger partial charge is 0.320 e. The molecule has 1 saturated heterocycles. The Morgan fingerprint density at radius 2 is 2.04 bits per heavy atom. The first kappa shape index (κ1) is 17.5. The quantitative estimate of drug-likeness (QED) is 0.757. The van der Waals surface area contributed by atoms with Gasteiger partial charge < -0.3 is 16.2 Å². The topological polar surface area (TPSA) is 109 Å². The van der Waals surface area contributed by atoms with Crippen LogP contribution in [0.3, 0.4) is 0 Å². The molecule has 2 aromatic heterocycles. The fourth-order valence-electron chi connectivity index (χ4n) is 2.93. The van der Waals surface area contributed by atoms with E-state index in [0.29, 0.717) is 21.8 Å². The van der Waals surface area contributed by atoms with E-state index in [1.54, 1.807) is 12.3 Å². The highest BCUT2D eigenvalue weighted by Gasteiger charge is 2.67. The predicted molar refractivity (Wildman–Crippen MR) is 84.6 cm³/mol. The molecule has 0 saturated carbocycles. The van der Waals surface area contributed by atoms with Crippen LogP contribution in [0.1, 0.15) is 32.0 Å². The molecule has 3 heterocycles. The molecule has 1 fully saturated rings. The van der Waals surface area contributed by atoms with Gasteiger partial charge in [-0.25, -0.2) is 14.3 Å². The van der Waals surface area contributed by atoms with Crippen LogP contribution in [0.4, 0.5) is 13.6 Å². The monoisotopic (exact) mass is 354 g/mol. The molecule has 10 heteroatoms. The SMILES string of the molecule is CC1(C)NC(=O)N(Cc2cnn3cc(CN)nc3c2)C(C)(O)C1(F)F. The minimum absolute atomic E-state index is 0.239. The second-order valence-electron chi connectivity index (χ2n) is 6.84. The van der Waals surface area contributed by atoms with Gasteiger partial charge in [0.05, 0.1) is 24.6 Å². The molecule has 8 nitrogen and oxygen atoms in total. The number of halogens is 2. The van der Waals surface area contributed by atoms with Crippen molar-refractivity contribution in [2.24, 2.45) is 5.73 Å². The van der Waals surface area contributed by atoms with Gasteiger partial charge >= 0.3 is 12.0 Å². The number of hydrogen-bond donors (Lipinski definition) is 3. The Bertz CT molecular complexity index is 833. The van der Waals surface area contributed by atoms with Crippen LogP contribution in [0.2, 0.25) is 0 Å². The number of nitrogens with zero attached hydrogens (tertiary/aromatic N) is 4. The molecule has 4 N–H and O–H groups in total. The summed E-state index contributed by atoms with van der Waals surface area (Å²) < 4.78 is 30.8. The Kier molecular flexibility index (Phi) is 3.73. The number of nitrogens with one attached hydrogen (secondary N) is 1. The van der Waals surface area contributed by atoms with Crippen LogP contribution in [-0.2, 0) is 13.1 Å². The zero-order valence-corrected chi connectivity index (χ0v) is 14.1. The number of aromatic nitrogens is 3. The number of alkyl halides is 2. The van der Waals surface area contributed by atoms with Gasteiger partial charge in [0.25, 0.3) is 0 Å². The van der Waals surface area contributed by atoms with Gasteiger partial charge in [-0.05, 0) is 32.4 Å². The van der Waals surface area contributed by atoms with Crippen LogP contribution in [0, 0.1) is 0 Å². The second kappa shape index (κ2) is 5.33. The molecule has 1 atom stereocenters. The van der Waals surface area contributed by atoms with E-state index in [2.05, 4.69) is 15.4 Å². The third-order valence-corrected chi connectivity index (χ3v) is 4.55. The minimum atomic E-state index is -3.58. The Morgan fingerprint density at radius 3 is 2.68 bits per heavy atom. The number of amides is 2. The van der Waals surface area contributed by atoms with Crippen LogP contribution in [-0.4, -0.2) is 47.8 Å². The summed E-state index contributed by atoms with van der Waals surface area (Å²) in [5, 5.41) is 16.8. The first-order valence-corrected chi connectivity index (χ1v) is 7.73. The number of rotatable bonds is 3. The van der Waals surface area contributed by atoms with Gasteiger partial charge in [-0.3, -0.25) is 4.90 Å². The normalized spacial score (nSPS) is 25.2. The van der Waals surface area contributed by atoms with E-state index in [4.69, 9.17) is 5.73 Å². The van der Waals surface area contributed by atoms with Crippen LogP contribution in [0.15, 0.2) is 18.5 Å². The molecule has 136 valence electrons. The molecule has 2 aromatic rings. The summed E-state index contributed by atoms with van der Waals surface area (Å²) in [5.74, 6) is -3.58. The fraction of sp³-hybridized carbons (Fsp3) is 0.533. The number of urea groups is 1. The maximum atomic E-state index is 14.6. The van der Waals surface area contributed by atoms with Crippen molar-refractivity contribution < 1.29 is 18.7 Å². The van der Waals surface area contributed by atoms with Crippen molar-refractivity contribution in [3.05, 3.63) is 29.7 Å². The Morgan fingerprint density at radius 1 is 1.36 bits per heavy atom. The lowest BCUT2D eigenvalue weighted by molar-refractivity contribution is -0.275. The first-order chi connectivity index (χ1) is 11.5. The highest BCUT2D eigenvalue weighted by molar-refractivity contribution is 5.77. The Balaban J connectivity index is 1.95. The molecular weight excluding hydrogens is 334 g/mol. The van der Waals surface area contributed by atoms with Crippen molar-refractivity contribution in [1.82, 2.24) is 24.8 Å². The number of imidazole rings is 1. The summed E-state index contributed by atoms with van der Waals surface area (Å²) in [6, 6.07) is 0.819. The molecule has 2 amide bonds. The van der Waals surface area contributed by atoms with Gasteiger partial charge in [-0.15, -0.1) is 0 Å². The van der Waals surface area contributed by atoms with Gasteiger partial charge in [-0.1, -0.05) is 0 Å². The second-order valence-corrected chi connectivity index (χ2v) is 6.84. The van der Waals surface area contributed by atoms with E-state index in [1.807, 2.05) is 0 Å². The highest BCUT2D eigenvalue weighted by atomic mass is 19.3. The van der Waals surface area contributed by atoms with Crippen molar-refractivity contribution in [1.29, 1.82) is 0 Å². The average Bonchev–Trinajstić information content (AvgIpc) is 2.92. The van der Waals surface area contributed by atoms with Crippen LogP contribution >= 0.6 is 0 Å². The molecule has 1 unspecified atom stereocenters. The molecule has 25 heavy (non-hydrogen) atoms. The molecule has 0 spiro atoms. The summed E-state index contributed by atoms with van der Waals surface area (Å²) in [4.78, 5) is 17.2. The van der Waals surface area contributed by atoms with E-state index in [0.717, 1.165) is 6.92 Å². The molecule has 0 bridgehead atoms. The predicted octanol–water partition coefficient (Wildman–Crippen LogP) is 0.836. The van der Waals surface area contributed by atoms with Gasteiger partial charge in [0.2, 0.25) is 5.72 Å². The van der Waals surface area contributed by atoms with Gasteiger partial charge in [0, 0.05) is 6.54 Å². The third-order valence-electron chi connectivity index (χ3n) is 4.55. The zero-order chi connectivity index (χ0) is 18.6. The maximum Gasteiger partial charge on any atom is 0.320 e. The maximum absolute atomic E-state index is 14.6.